The standard InChI is InChI=1S/C22H19FN2O4/c1-5-9-24-22(28)21(27)18-12(2)20(25(4)13(18)3)16(26)11-14-6-7-17-15(19(14)23)8-10-29-17/h1,6-8,10H,9,11H2,2-4H3,(H,24,28). The molecule has 1 N–H and O–H groups in total. The van der Waals surface area contributed by atoms with Gasteiger partial charge in [0.2, 0.25) is 0 Å². The van der Waals surface area contributed by atoms with Crippen molar-refractivity contribution in [1.29, 1.82) is 0 Å². The van der Waals surface area contributed by atoms with Crippen LogP contribution < -0.4 is 5.32 Å². The maximum absolute atomic E-state index is 14.7. The van der Waals surface area contributed by atoms with Crippen LogP contribution in [-0.2, 0) is 18.3 Å². The molecule has 0 spiro atoms. The highest BCUT2D eigenvalue weighted by molar-refractivity contribution is 6.43. The Kier molecular flexibility index (Phi) is 5.37. The van der Waals surface area contributed by atoms with Gasteiger partial charge in [-0.05, 0) is 37.1 Å². The van der Waals surface area contributed by atoms with Gasteiger partial charge in [0, 0.05) is 19.2 Å². The number of carbonyl (C=O) groups is 3. The number of benzene rings is 1. The lowest BCUT2D eigenvalue weighted by Gasteiger charge is -2.07. The Labute approximate surface area is 166 Å². The fraction of sp³-hybridized carbons (Fsp3) is 0.227. The summed E-state index contributed by atoms with van der Waals surface area (Å²) in [7, 11) is 1.63. The Morgan fingerprint density at radius 3 is 2.66 bits per heavy atom. The molecule has 6 nitrogen and oxygen atoms in total. The van der Waals surface area contributed by atoms with E-state index in [0.29, 0.717) is 22.2 Å². The van der Waals surface area contributed by atoms with Gasteiger partial charge in [0.15, 0.2) is 5.78 Å². The molecule has 2 aromatic heterocycles. The molecule has 3 aromatic rings. The summed E-state index contributed by atoms with van der Waals surface area (Å²) >= 11 is 0. The van der Waals surface area contributed by atoms with Gasteiger partial charge in [0.25, 0.3) is 11.7 Å². The highest BCUT2D eigenvalue weighted by Crippen LogP contribution is 2.26. The van der Waals surface area contributed by atoms with Crippen molar-refractivity contribution in [1.82, 2.24) is 9.88 Å². The zero-order chi connectivity index (χ0) is 21.3. The van der Waals surface area contributed by atoms with E-state index in [1.807, 2.05) is 0 Å². The number of rotatable bonds is 6. The molecule has 0 saturated carbocycles. The van der Waals surface area contributed by atoms with Gasteiger partial charge in [-0.1, -0.05) is 12.0 Å². The number of aromatic nitrogens is 1. The minimum absolute atomic E-state index is 0.0724. The van der Waals surface area contributed by atoms with Gasteiger partial charge in [-0.3, -0.25) is 14.4 Å². The van der Waals surface area contributed by atoms with E-state index < -0.39 is 17.5 Å². The van der Waals surface area contributed by atoms with Crippen molar-refractivity contribution in [2.75, 3.05) is 6.54 Å². The van der Waals surface area contributed by atoms with Crippen LogP contribution in [-0.4, -0.2) is 28.6 Å². The first-order valence-corrected chi connectivity index (χ1v) is 8.87. The van der Waals surface area contributed by atoms with Crippen molar-refractivity contribution in [2.24, 2.45) is 7.05 Å². The maximum atomic E-state index is 14.7. The first-order chi connectivity index (χ1) is 13.8. The summed E-state index contributed by atoms with van der Waals surface area (Å²) in [4.78, 5) is 37.5. The van der Waals surface area contributed by atoms with Crippen LogP contribution in [0.4, 0.5) is 4.39 Å². The number of nitrogens with zero attached hydrogens (tertiary/aromatic N) is 1. The van der Waals surface area contributed by atoms with Crippen molar-refractivity contribution in [3.8, 4) is 12.3 Å². The minimum Gasteiger partial charge on any atom is -0.464 e. The van der Waals surface area contributed by atoms with Gasteiger partial charge in [-0.2, -0.15) is 0 Å². The minimum atomic E-state index is -0.838. The lowest BCUT2D eigenvalue weighted by molar-refractivity contribution is -0.116. The Morgan fingerprint density at radius 1 is 1.24 bits per heavy atom. The normalized spacial score (nSPS) is 10.7. The average molecular weight is 394 g/mol. The molecule has 0 unspecified atom stereocenters. The lowest BCUT2D eigenvalue weighted by atomic mass is 10.00. The van der Waals surface area contributed by atoms with Gasteiger partial charge in [-0.25, -0.2) is 4.39 Å². The Bertz CT molecular complexity index is 1190. The molecule has 0 aliphatic rings. The number of fused-ring (bicyclic) bond motifs is 1. The average Bonchev–Trinajstić information content (AvgIpc) is 3.25. The number of ketones is 2. The molecule has 0 saturated heterocycles. The molecule has 0 atom stereocenters. The molecule has 0 bridgehead atoms. The summed E-state index contributed by atoms with van der Waals surface area (Å²) in [5, 5.41) is 2.63. The molecule has 1 amide bonds. The molecule has 29 heavy (non-hydrogen) atoms. The molecule has 148 valence electrons. The highest BCUT2D eigenvalue weighted by atomic mass is 19.1. The van der Waals surface area contributed by atoms with E-state index >= 15 is 0 Å². The summed E-state index contributed by atoms with van der Waals surface area (Å²) in [6.45, 7) is 3.16. The topological polar surface area (TPSA) is 81.3 Å². The second-order valence-corrected chi connectivity index (χ2v) is 6.68. The van der Waals surface area contributed by atoms with Crippen LogP contribution in [0, 0.1) is 32.0 Å². The lowest BCUT2D eigenvalue weighted by Crippen LogP contribution is -2.31. The largest absolute Gasteiger partial charge is 0.464 e. The Morgan fingerprint density at radius 2 is 1.97 bits per heavy atom. The molecule has 0 aliphatic carbocycles. The third-order valence-electron chi connectivity index (χ3n) is 4.98. The molecule has 0 fully saturated rings. The SMILES string of the molecule is C#CCNC(=O)C(=O)c1c(C)c(C(=O)Cc2ccc3occc3c2F)n(C)c1C. The summed E-state index contributed by atoms with van der Waals surface area (Å²) < 4.78 is 21.4. The summed E-state index contributed by atoms with van der Waals surface area (Å²) in [6.07, 6.45) is 6.28. The second-order valence-electron chi connectivity index (χ2n) is 6.68. The first kappa shape index (κ1) is 20.1. The number of terminal acetylenes is 1. The van der Waals surface area contributed by atoms with Crippen molar-refractivity contribution in [3.05, 3.63) is 58.4 Å². The van der Waals surface area contributed by atoms with Crippen LogP contribution >= 0.6 is 0 Å². The first-order valence-electron chi connectivity index (χ1n) is 8.87. The number of Topliss-reactive ketones (excluding diaryl/α,β-unsaturated/α-hetero) is 2. The predicted molar refractivity (Wildman–Crippen MR) is 105 cm³/mol. The third kappa shape index (κ3) is 3.45. The molecule has 0 aliphatic heterocycles. The van der Waals surface area contributed by atoms with Gasteiger partial charge >= 0.3 is 0 Å². The predicted octanol–water partition coefficient (Wildman–Crippen LogP) is 2.88. The summed E-state index contributed by atoms with van der Waals surface area (Å²) in [5.74, 6) is -0.258. The van der Waals surface area contributed by atoms with Gasteiger partial charge in [-0.15, -0.1) is 6.42 Å². The van der Waals surface area contributed by atoms with Crippen molar-refractivity contribution in [3.63, 3.8) is 0 Å². The van der Waals surface area contributed by atoms with E-state index in [4.69, 9.17) is 10.8 Å². The maximum Gasteiger partial charge on any atom is 0.293 e. The fourth-order valence-electron chi connectivity index (χ4n) is 3.48. The number of furan rings is 1. The van der Waals surface area contributed by atoms with Crippen LogP contribution in [0.1, 0.15) is 37.7 Å². The zero-order valence-electron chi connectivity index (χ0n) is 16.3. The Hall–Kier alpha value is -3.66. The zero-order valence-corrected chi connectivity index (χ0v) is 16.3. The van der Waals surface area contributed by atoms with Crippen molar-refractivity contribution >= 4 is 28.4 Å². The van der Waals surface area contributed by atoms with Crippen LogP contribution in [0.15, 0.2) is 28.9 Å². The monoisotopic (exact) mass is 394 g/mol. The number of hydrogen-bond acceptors (Lipinski definition) is 4. The van der Waals surface area contributed by atoms with Crippen LogP contribution in [0.25, 0.3) is 11.0 Å². The van der Waals surface area contributed by atoms with E-state index in [9.17, 15) is 18.8 Å². The quantitative estimate of drug-likeness (QED) is 0.396. The van der Waals surface area contributed by atoms with E-state index in [-0.39, 0.29) is 35.6 Å². The number of amides is 1. The van der Waals surface area contributed by atoms with Crippen LogP contribution in [0.5, 0.6) is 0 Å². The number of nitrogens with one attached hydrogen (secondary N) is 1. The number of halogens is 1. The van der Waals surface area contributed by atoms with E-state index in [2.05, 4.69) is 11.2 Å². The molecule has 3 rings (SSSR count). The number of hydrogen-bond donors (Lipinski definition) is 1. The van der Waals surface area contributed by atoms with Gasteiger partial charge in [0.05, 0.1) is 29.5 Å². The fourth-order valence-corrected chi connectivity index (χ4v) is 3.48. The smallest absolute Gasteiger partial charge is 0.293 e. The molecular weight excluding hydrogens is 375 g/mol. The molecular formula is C22H19FN2O4. The Balaban J connectivity index is 1.95. The van der Waals surface area contributed by atoms with Crippen LogP contribution in [0.2, 0.25) is 0 Å². The van der Waals surface area contributed by atoms with Crippen molar-refractivity contribution in [2.45, 2.75) is 20.3 Å². The van der Waals surface area contributed by atoms with Gasteiger partial charge < -0.3 is 14.3 Å². The number of carbonyl (C=O) groups excluding carboxylic acids is 3. The molecule has 1 aromatic carbocycles. The van der Waals surface area contributed by atoms with Crippen molar-refractivity contribution < 1.29 is 23.2 Å². The van der Waals surface area contributed by atoms with Gasteiger partial charge in [0.1, 0.15) is 11.4 Å². The van der Waals surface area contributed by atoms with E-state index in [1.165, 1.54) is 18.4 Å². The molecule has 7 heteroatoms. The molecule has 0 radical (unpaired) electrons. The third-order valence-corrected chi connectivity index (χ3v) is 4.98. The molecule has 2 heterocycles. The van der Waals surface area contributed by atoms with E-state index in [0.717, 1.165) is 0 Å². The van der Waals surface area contributed by atoms with Crippen LogP contribution in [0.3, 0.4) is 0 Å². The summed E-state index contributed by atoms with van der Waals surface area (Å²) in [6, 6.07) is 4.61. The van der Waals surface area contributed by atoms with E-state index in [1.54, 1.807) is 31.5 Å². The highest BCUT2D eigenvalue weighted by Gasteiger charge is 2.28. The second kappa shape index (κ2) is 7.76. The summed E-state index contributed by atoms with van der Waals surface area (Å²) in [5.41, 5.74) is 1.87.